The van der Waals surface area contributed by atoms with Gasteiger partial charge in [0.15, 0.2) is 0 Å². The first-order valence-corrected chi connectivity index (χ1v) is 9.10. The Hall–Kier alpha value is -1.14. The van der Waals surface area contributed by atoms with Gasteiger partial charge in [-0.05, 0) is 57.9 Å². The minimum absolute atomic E-state index is 0.104. The van der Waals surface area contributed by atoms with Crippen molar-refractivity contribution in [3.05, 3.63) is 34.1 Å². The number of benzene rings is 1. The third kappa shape index (κ3) is 5.74. The Morgan fingerprint density at radius 3 is 2.62 bits per heavy atom. The van der Waals surface area contributed by atoms with Gasteiger partial charge in [0, 0.05) is 36.7 Å². The number of hydrogen-bond acceptors (Lipinski definition) is 3. The molecule has 1 aromatic rings. The molecule has 0 radical (unpaired) electrons. The monoisotopic (exact) mass is 400 g/mol. The van der Waals surface area contributed by atoms with Gasteiger partial charge >= 0.3 is 6.09 Å². The zero-order valence-electron chi connectivity index (χ0n) is 14.8. The smallest absolute Gasteiger partial charge is 0.410 e. The quantitative estimate of drug-likeness (QED) is 0.766. The summed E-state index contributed by atoms with van der Waals surface area (Å²) in [6.45, 7) is 10.8. The highest BCUT2D eigenvalue weighted by Crippen LogP contribution is 2.18. The third-order valence-corrected chi connectivity index (χ3v) is 4.44. The Morgan fingerprint density at radius 1 is 1.33 bits per heavy atom. The molecular formula is C18H26BrFN2O2. The maximum absolute atomic E-state index is 13.4. The average molecular weight is 401 g/mol. The zero-order chi connectivity index (χ0) is 17.9. The normalized spacial score (nSPS) is 19.4. The van der Waals surface area contributed by atoms with Crippen molar-refractivity contribution < 1.29 is 13.9 Å². The first-order chi connectivity index (χ1) is 11.1. The second kappa shape index (κ2) is 7.83. The van der Waals surface area contributed by atoms with Crippen LogP contribution in [0.4, 0.5) is 9.18 Å². The molecule has 1 aliphatic rings. The largest absolute Gasteiger partial charge is 0.444 e. The fourth-order valence-corrected chi connectivity index (χ4v) is 3.38. The molecule has 6 heteroatoms. The molecule has 4 nitrogen and oxygen atoms in total. The van der Waals surface area contributed by atoms with Crippen LogP contribution >= 0.6 is 15.9 Å². The van der Waals surface area contributed by atoms with Crippen molar-refractivity contribution in [2.45, 2.75) is 45.8 Å². The molecule has 0 spiro atoms. The molecule has 1 aliphatic heterocycles. The predicted octanol–water partition coefficient (Wildman–Crippen LogP) is 4.07. The maximum atomic E-state index is 13.4. The summed E-state index contributed by atoms with van der Waals surface area (Å²) < 4.78 is 19.7. The van der Waals surface area contributed by atoms with Gasteiger partial charge in [-0.2, -0.15) is 0 Å². The Kier molecular flexibility index (Phi) is 6.26. The highest BCUT2D eigenvalue weighted by molar-refractivity contribution is 9.10. The Morgan fingerprint density at radius 2 is 2.04 bits per heavy atom. The summed E-state index contributed by atoms with van der Waals surface area (Å²) in [6, 6.07) is 5.09. The van der Waals surface area contributed by atoms with E-state index < -0.39 is 5.60 Å². The van der Waals surface area contributed by atoms with Crippen LogP contribution in [0.3, 0.4) is 0 Å². The lowest BCUT2D eigenvalue weighted by molar-refractivity contribution is 0.00162. The number of nitrogens with zero attached hydrogens (tertiary/aromatic N) is 2. The molecule has 0 aliphatic carbocycles. The molecule has 2 rings (SSSR count). The Balaban J connectivity index is 1.85. The third-order valence-electron chi connectivity index (χ3n) is 3.98. The number of piperazine rings is 1. The first-order valence-electron chi connectivity index (χ1n) is 8.31. The number of carbonyl (C=O) groups is 1. The molecule has 0 aromatic heterocycles. The molecule has 1 heterocycles. The van der Waals surface area contributed by atoms with Crippen molar-refractivity contribution in [1.29, 1.82) is 0 Å². The van der Waals surface area contributed by atoms with Crippen LogP contribution in [-0.2, 0) is 11.2 Å². The molecule has 134 valence electrons. The second-order valence-corrected chi connectivity index (χ2v) is 8.27. The molecule has 1 atom stereocenters. The van der Waals surface area contributed by atoms with E-state index in [0.717, 1.165) is 36.1 Å². The minimum atomic E-state index is -0.474. The molecule has 24 heavy (non-hydrogen) atoms. The lowest BCUT2D eigenvalue weighted by Gasteiger charge is -2.40. The van der Waals surface area contributed by atoms with E-state index in [1.54, 1.807) is 11.0 Å². The molecule has 0 N–H and O–H groups in total. The number of carbonyl (C=O) groups excluding carboxylic acids is 1. The standard InChI is InChI=1S/C18H26BrFN2O2/c1-13-12-21(6-5-14-9-15(19)11-16(20)10-14)7-8-22(13)17(23)24-18(2,3)4/h9-11,13H,5-8,12H2,1-4H3/t13-/m1/s1. The number of hydrogen-bond donors (Lipinski definition) is 0. The molecule has 1 fully saturated rings. The minimum Gasteiger partial charge on any atom is -0.444 e. The van der Waals surface area contributed by atoms with Crippen LogP contribution in [0.1, 0.15) is 33.3 Å². The van der Waals surface area contributed by atoms with E-state index in [2.05, 4.69) is 20.8 Å². The fourth-order valence-electron chi connectivity index (χ4n) is 2.87. The molecule has 1 aromatic carbocycles. The second-order valence-electron chi connectivity index (χ2n) is 7.35. The predicted molar refractivity (Wildman–Crippen MR) is 96.6 cm³/mol. The lowest BCUT2D eigenvalue weighted by atomic mass is 10.1. The van der Waals surface area contributed by atoms with Crippen molar-refractivity contribution >= 4 is 22.0 Å². The highest BCUT2D eigenvalue weighted by atomic mass is 79.9. The van der Waals surface area contributed by atoms with Gasteiger partial charge in [-0.1, -0.05) is 15.9 Å². The van der Waals surface area contributed by atoms with Crippen LogP contribution < -0.4 is 0 Å². The molecular weight excluding hydrogens is 375 g/mol. The van der Waals surface area contributed by atoms with Gasteiger partial charge in [-0.25, -0.2) is 9.18 Å². The Labute approximate surface area is 152 Å². The van der Waals surface area contributed by atoms with Crippen molar-refractivity contribution in [2.24, 2.45) is 0 Å². The van der Waals surface area contributed by atoms with E-state index in [1.807, 2.05) is 33.8 Å². The van der Waals surface area contributed by atoms with Gasteiger partial charge in [-0.15, -0.1) is 0 Å². The summed E-state index contributed by atoms with van der Waals surface area (Å²) in [7, 11) is 0. The summed E-state index contributed by atoms with van der Waals surface area (Å²) in [4.78, 5) is 16.3. The maximum Gasteiger partial charge on any atom is 0.410 e. The number of amides is 1. The van der Waals surface area contributed by atoms with Crippen LogP contribution in [0.5, 0.6) is 0 Å². The summed E-state index contributed by atoms with van der Waals surface area (Å²) >= 11 is 3.32. The van der Waals surface area contributed by atoms with Crippen molar-refractivity contribution in [1.82, 2.24) is 9.80 Å². The fraction of sp³-hybridized carbons (Fsp3) is 0.611. The van der Waals surface area contributed by atoms with Gasteiger partial charge in [-0.3, -0.25) is 4.90 Å². The van der Waals surface area contributed by atoms with Crippen molar-refractivity contribution in [2.75, 3.05) is 26.2 Å². The van der Waals surface area contributed by atoms with Crippen LogP contribution in [0.25, 0.3) is 0 Å². The average Bonchev–Trinajstić information content (AvgIpc) is 2.42. The van der Waals surface area contributed by atoms with E-state index in [0.29, 0.717) is 6.54 Å². The molecule has 0 unspecified atom stereocenters. The van der Waals surface area contributed by atoms with Crippen LogP contribution in [0, 0.1) is 5.82 Å². The van der Waals surface area contributed by atoms with Gasteiger partial charge < -0.3 is 9.64 Å². The number of rotatable bonds is 3. The Bertz CT molecular complexity index is 569. The summed E-state index contributed by atoms with van der Waals surface area (Å²) in [5.41, 5.74) is 0.503. The molecule has 1 saturated heterocycles. The van der Waals surface area contributed by atoms with E-state index >= 15 is 0 Å². The van der Waals surface area contributed by atoms with E-state index in [1.165, 1.54) is 6.07 Å². The van der Waals surface area contributed by atoms with Crippen molar-refractivity contribution in [3.8, 4) is 0 Å². The van der Waals surface area contributed by atoms with Gasteiger partial charge in [0.25, 0.3) is 0 Å². The van der Waals surface area contributed by atoms with Gasteiger partial charge in [0.05, 0.1) is 0 Å². The van der Waals surface area contributed by atoms with E-state index in [-0.39, 0.29) is 18.0 Å². The molecule has 0 saturated carbocycles. The van der Waals surface area contributed by atoms with E-state index in [4.69, 9.17) is 4.74 Å². The summed E-state index contributed by atoms with van der Waals surface area (Å²) in [6.07, 6.45) is 0.541. The molecule has 0 bridgehead atoms. The van der Waals surface area contributed by atoms with E-state index in [9.17, 15) is 9.18 Å². The zero-order valence-corrected chi connectivity index (χ0v) is 16.4. The number of halogens is 2. The number of ether oxygens (including phenoxy) is 1. The van der Waals surface area contributed by atoms with Crippen LogP contribution in [0.15, 0.2) is 22.7 Å². The highest BCUT2D eigenvalue weighted by Gasteiger charge is 2.30. The summed E-state index contributed by atoms with van der Waals surface area (Å²) in [5, 5.41) is 0. The van der Waals surface area contributed by atoms with Crippen LogP contribution in [-0.4, -0.2) is 53.7 Å². The summed E-state index contributed by atoms with van der Waals surface area (Å²) in [5.74, 6) is -0.220. The first kappa shape index (κ1) is 19.2. The lowest BCUT2D eigenvalue weighted by Crippen LogP contribution is -2.55. The van der Waals surface area contributed by atoms with Gasteiger partial charge in [0.1, 0.15) is 11.4 Å². The van der Waals surface area contributed by atoms with Gasteiger partial charge in [0.2, 0.25) is 0 Å². The van der Waals surface area contributed by atoms with Crippen molar-refractivity contribution in [3.63, 3.8) is 0 Å². The topological polar surface area (TPSA) is 32.8 Å². The van der Waals surface area contributed by atoms with Crippen LogP contribution in [0.2, 0.25) is 0 Å². The molecule has 1 amide bonds. The SMILES string of the molecule is C[C@@H]1CN(CCc2cc(F)cc(Br)c2)CCN1C(=O)OC(C)(C)C.